The molecule has 0 aliphatic heterocycles. The predicted octanol–water partition coefficient (Wildman–Crippen LogP) is 3.91. The number of nitrogens with zero attached hydrogens (tertiary/aromatic N) is 3. The third-order valence-corrected chi connectivity index (χ3v) is 3.65. The first kappa shape index (κ1) is 14.2. The van der Waals surface area contributed by atoms with Gasteiger partial charge in [-0.2, -0.15) is 0 Å². The lowest BCUT2D eigenvalue weighted by atomic mass is 10.2. The summed E-state index contributed by atoms with van der Waals surface area (Å²) in [6, 6.07) is 15.3. The van der Waals surface area contributed by atoms with Crippen molar-refractivity contribution in [2.24, 2.45) is 0 Å². The molecule has 2 heterocycles. The number of hydrogen-bond donors (Lipinski definition) is 1. The maximum atomic E-state index is 13.6. The summed E-state index contributed by atoms with van der Waals surface area (Å²) in [5.41, 5.74) is 7.66. The van der Waals surface area contributed by atoms with Gasteiger partial charge in [-0.3, -0.25) is 4.40 Å². The van der Waals surface area contributed by atoms with Gasteiger partial charge in [-0.25, -0.2) is 14.4 Å². The van der Waals surface area contributed by atoms with Crippen molar-refractivity contribution in [3.05, 3.63) is 72.8 Å². The molecule has 0 aliphatic carbocycles. The molecule has 4 aromatic rings. The summed E-state index contributed by atoms with van der Waals surface area (Å²) in [4.78, 5) is 8.48. The fraction of sp³-hybridized carbons (Fsp3) is 0. The minimum Gasteiger partial charge on any atom is -0.454 e. The summed E-state index contributed by atoms with van der Waals surface area (Å²) < 4.78 is 21.0. The van der Waals surface area contributed by atoms with Crippen molar-refractivity contribution >= 4 is 11.5 Å². The second-order valence-corrected chi connectivity index (χ2v) is 5.20. The molecule has 0 saturated heterocycles. The van der Waals surface area contributed by atoms with Crippen LogP contribution in [0.4, 0.5) is 10.3 Å². The van der Waals surface area contributed by atoms with Crippen LogP contribution in [0, 0.1) is 5.82 Å². The standard InChI is InChI=1S/C18H13FN4O/c19-15-3-1-2-4-16(15)24-14-7-5-12(6-8-14)17-22-11-13-9-10-21-18(20)23(13)17/h1-11H,(H2,20,21). The SMILES string of the molecule is Nc1nccc2cnc(-c3ccc(Oc4ccccc4F)cc3)n12. The Morgan fingerprint density at radius 1 is 0.958 bits per heavy atom. The molecule has 0 bridgehead atoms. The van der Waals surface area contributed by atoms with E-state index in [0.717, 1.165) is 11.1 Å². The number of para-hydroxylation sites is 1. The van der Waals surface area contributed by atoms with Gasteiger partial charge in [0.1, 0.15) is 11.6 Å². The van der Waals surface area contributed by atoms with Crippen molar-refractivity contribution in [1.29, 1.82) is 0 Å². The first-order chi connectivity index (χ1) is 11.7. The number of anilines is 1. The maximum absolute atomic E-state index is 13.6. The summed E-state index contributed by atoms with van der Waals surface area (Å²) in [6.07, 6.45) is 3.37. The zero-order chi connectivity index (χ0) is 16.5. The van der Waals surface area contributed by atoms with E-state index in [1.807, 2.05) is 18.2 Å². The van der Waals surface area contributed by atoms with Crippen LogP contribution < -0.4 is 10.5 Å². The van der Waals surface area contributed by atoms with E-state index in [-0.39, 0.29) is 5.75 Å². The number of nitrogens with two attached hydrogens (primary N) is 1. The number of aromatic nitrogens is 3. The highest BCUT2D eigenvalue weighted by molar-refractivity contribution is 5.65. The third-order valence-electron chi connectivity index (χ3n) is 3.65. The van der Waals surface area contributed by atoms with Crippen LogP contribution in [0.5, 0.6) is 11.5 Å². The predicted molar refractivity (Wildman–Crippen MR) is 89.3 cm³/mol. The molecule has 6 heteroatoms. The van der Waals surface area contributed by atoms with Crippen molar-refractivity contribution in [3.8, 4) is 22.9 Å². The quantitative estimate of drug-likeness (QED) is 0.621. The van der Waals surface area contributed by atoms with Crippen LogP contribution in [-0.2, 0) is 0 Å². The van der Waals surface area contributed by atoms with Gasteiger partial charge in [0.05, 0.1) is 11.7 Å². The Bertz CT molecular complexity index is 1010. The second kappa shape index (κ2) is 5.66. The zero-order valence-corrected chi connectivity index (χ0v) is 12.6. The Morgan fingerprint density at radius 2 is 1.75 bits per heavy atom. The van der Waals surface area contributed by atoms with E-state index in [1.54, 1.807) is 47.1 Å². The van der Waals surface area contributed by atoms with Gasteiger partial charge >= 0.3 is 0 Å². The average molecular weight is 320 g/mol. The van der Waals surface area contributed by atoms with Crippen molar-refractivity contribution in [3.63, 3.8) is 0 Å². The van der Waals surface area contributed by atoms with Gasteiger partial charge in [-0.05, 0) is 42.5 Å². The number of fused-ring (bicyclic) bond motifs is 1. The van der Waals surface area contributed by atoms with Gasteiger partial charge < -0.3 is 10.5 Å². The maximum Gasteiger partial charge on any atom is 0.206 e. The lowest BCUT2D eigenvalue weighted by Crippen LogP contribution is -2.00. The molecular weight excluding hydrogens is 307 g/mol. The largest absolute Gasteiger partial charge is 0.454 e. The third kappa shape index (κ3) is 2.44. The first-order valence-corrected chi connectivity index (χ1v) is 7.33. The molecule has 2 N–H and O–H groups in total. The van der Waals surface area contributed by atoms with Crippen LogP contribution in [0.25, 0.3) is 16.9 Å². The minimum atomic E-state index is -0.403. The van der Waals surface area contributed by atoms with Crippen LogP contribution in [0.2, 0.25) is 0 Å². The summed E-state index contributed by atoms with van der Waals surface area (Å²) in [7, 11) is 0. The molecule has 24 heavy (non-hydrogen) atoms. The monoisotopic (exact) mass is 320 g/mol. The molecule has 0 saturated carbocycles. The second-order valence-electron chi connectivity index (χ2n) is 5.20. The smallest absolute Gasteiger partial charge is 0.206 e. The Kier molecular flexibility index (Phi) is 3.35. The fourth-order valence-electron chi connectivity index (χ4n) is 2.50. The molecular formula is C18H13FN4O. The highest BCUT2D eigenvalue weighted by atomic mass is 19.1. The number of imidazole rings is 1. The van der Waals surface area contributed by atoms with Crippen LogP contribution >= 0.6 is 0 Å². The fourth-order valence-corrected chi connectivity index (χ4v) is 2.50. The van der Waals surface area contributed by atoms with Gasteiger partial charge in [-0.1, -0.05) is 12.1 Å². The highest BCUT2D eigenvalue weighted by Crippen LogP contribution is 2.27. The summed E-state index contributed by atoms with van der Waals surface area (Å²) >= 11 is 0. The molecule has 118 valence electrons. The summed E-state index contributed by atoms with van der Waals surface area (Å²) in [6.45, 7) is 0. The molecule has 0 spiro atoms. The molecule has 5 nitrogen and oxygen atoms in total. The lowest BCUT2D eigenvalue weighted by molar-refractivity contribution is 0.442. The van der Waals surface area contributed by atoms with Crippen LogP contribution in [0.15, 0.2) is 67.0 Å². The molecule has 2 aromatic heterocycles. The van der Waals surface area contributed by atoms with Gasteiger partial charge in [-0.15, -0.1) is 0 Å². The van der Waals surface area contributed by atoms with E-state index in [2.05, 4.69) is 9.97 Å². The number of rotatable bonds is 3. The van der Waals surface area contributed by atoms with E-state index in [4.69, 9.17) is 10.5 Å². The van der Waals surface area contributed by atoms with E-state index < -0.39 is 5.82 Å². The van der Waals surface area contributed by atoms with Crippen LogP contribution in [0.3, 0.4) is 0 Å². The van der Waals surface area contributed by atoms with Crippen molar-refractivity contribution in [1.82, 2.24) is 14.4 Å². The molecule has 2 aromatic carbocycles. The summed E-state index contributed by atoms with van der Waals surface area (Å²) in [5.74, 6) is 1.38. The number of benzene rings is 2. The van der Waals surface area contributed by atoms with E-state index in [0.29, 0.717) is 17.5 Å². The van der Waals surface area contributed by atoms with E-state index >= 15 is 0 Å². The first-order valence-electron chi connectivity index (χ1n) is 7.33. The molecule has 0 aliphatic rings. The average Bonchev–Trinajstić information content (AvgIpc) is 3.03. The van der Waals surface area contributed by atoms with Crippen molar-refractivity contribution in [2.45, 2.75) is 0 Å². The lowest BCUT2D eigenvalue weighted by Gasteiger charge is -2.08. The Labute approximate surface area is 137 Å². The van der Waals surface area contributed by atoms with Gasteiger partial charge in [0, 0.05) is 11.8 Å². The molecule has 0 radical (unpaired) electrons. The zero-order valence-electron chi connectivity index (χ0n) is 12.6. The van der Waals surface area contributed by atoms with Gasteiger partial charge in [0.15, 0.2) is 11.6 Å². The summed E-state index contributed by atoms with van der Waals surface area (Å²) in [5, 5.41) is 0. The van der Waals surface area contributed by atoms with Crippen molar-refractivity contribution < 1.29 is 9.13 Å². The molecule has 0 atom stereocenters. The Hall–Kier alpha value is -3.41. The van der Waals surface area contributed by atoms with Crippen LogP contribution in [-0.4, -0.2) is 14.4 Å². The number of nitrogen functional groups attached to an aromatic ring is 1. The molecule has 0 amide bonds. The topological polar surface area (TPSA) is 65.4 Å². The van der Waals surface area contributed by atoms with Gasteiger partial charge in [0.2, 0.25) is 5.95 Å². The molecule has 4 rings (SSSR count). The van der Waals surface area contributed by atoms with E-state index in [1.165, 1.54) is 6.07 Å². The number of ether oxygens (including phenoxy) is 1. The minimum absolute atomic E-state index is 0.185. The number of halogens is 1. The number of hydrogen-bond acceptors (Lipinski definition) is 4. The van der Waals surface area contributed by atoms with E-state index in [9.17, 15) is 4.39 Å². The van der Waals surface area contributed by atoms with Crippen LogP contribution in [0.1, 0.15) is 0 Å². The normalized spacial score (nSPS) is 10.9. The Morgan fingerprint density at radius 3 is 2.54 bits per heavy atom. The molecule has 0 unspecified atom stereocenters. The Balaban J connectivity index is 1.67. The van der Waals surface area contributed by atoms with Crippen molar-refractivity contribution in [2.75, 3.05) is 5.73 Å². The van der Waals surface area contributed by atoms with Gasteiger partial charge in [0.25, 0.3) is 0 Å². The highest BCUT2D eigenvalue weighted by Gasteiger charge is 2.10. The molecule has 0 fully saturated rings.